The second-order valence-electron chi connectivity index (χ2n) is 5.09. The van der Waals surface area contributed by atoms with Gasteiger partial charge in [-0.2, -0.15) is 0 Å². The van der Waals surface area contributed by atoms with Gasteiger partial charge in [-0.3, -0.25) is 0 Å². The van der Waals surface area contributed by atoms with Crippen LogP contribution in [0.4, 0.5) is 17.3 Å². The first-order valence-electron chi connectivity index (χ1n) is 6.90. The van der Waals surface area contributed by atoms with E-state index in [9.17, 15) is 0 Å². The van der Waals surface area contributed by atoms with Gasteiger partial charge >= 0.3 is 0 Å². The molecule has 20 heavy (non-hydrogen) atoms. The van der Waals surface area contributed by atoms with E-state index in [-0.39, 0.29) is 0 Å². The largest absolute Gasteiger partial charge is 0.396 e. The molecule has 3 rings (SSSR count). The monoisotopic (exact) mass is 316 g/mol. The minimum Gasteiger partial charge on any atom is -0.396 e. The fourth-order valence-corrected chi connectivity index (χ4v) is 3.22. The Morgan fingerprint density at radius 1 is 0.900 bits per heavy atom. The summed E-state index contributed by atoms with van der Waals surface area (Å²) in [5.41, 5.74) is 6.49. The maximum Gasteiger partial charge on any atom is 0.152 e. The Kier molecular flexibility index (Phi) is 4.10. The Labute approximate surface area is 128 Å². The van der Waals surface area contributed by atoms with E-state index in [2.05, 4.69) is 9.80 Å². The van der Waals surface area contributed by atoms with Gasteiger partial charge in [-0.05, 0) is 12.8 Å². The molecule has 5 nitrogen and oxygen atoms in total. The van der Waals surface area contributed by atoms with Gasteiger partial charge < -0.3 is 20.3 Å². The Morgan fingerprint density at radius 3 is 1.95 bits per heavy atom. The number of nitrogens with two attached hydrogens (primary N) is 1. The molecular formula is C13H18Cl2N4O. The van der Waals surface area contributed by atoms with E-state index in [1.807, 2.05) is 0 Å². The van der Waals surface area contributed by atoms with Crippen LogP contribution in [0.5, 0.6) is 0 Å². The van der Waals surface area contributed by atoms with E-state index in [1.54, 1.807) is 0 Å². The van der Waals surface area contributed by atoms with Crippen LogP contribution < -0.4 is 15.5 Å². The molecule has 7 heteroatoms. The van der Waals surface area contributed by atoms with Crippen molar-refractivity contribution in [3.8, 4) is 0 Å². The maximum atomic E-state index is 6.34. The molecular weight excluding hydrogens is 299 g/mol. The van der Waals surface area contributed by atoms with Gasteiger partial charge in [-0.1, -0.05) is 23.2 Å². The number of nitrogen functional groups attached to an aromatic ring is 1. The highest BCUT2D eigenvalue weighted by molar-refractivity contribution is 6.41. The summed E-state index contributed by atoms with van der Waals surface area (Å²) in [7, 11) is 0. The fourth-order valence-electron chi connectivity index (χ4n) is 2.66. The van der Waals surface area contributed by atoms with Crippen molar-refractivity contribution in [2.24, 2.45) is 0 Å². The highest BCUT2D eigenvalue weighted by Crippen LogP contribution is 2.41. The van der Waals surface area contributed by atoms with Crippen LogP contribution in [0.25, 0.3) is 0 Å². The lowest BCUT2D eigenvalue weighted by Crippen LogP contribution is -2.37. The number of hydrogen-bond acceptors (Lipinski definition) is 5. The second kappa shape index (κ2) is 5.84. The first kappa shape index (κ1) is 14.0. The summed E-state index contributed by atoms with van der Waals surface area (Å²) in [6.45, 7) is 4.84. The predicted octanol–water partition coefficient (Wildman–Crippen LogP) is 2.41. The van der Waals surface area contributed by atoms with Crippen molar-refractivity contribution in [1.29, 1.82) is 0 Å². The van der Waals surface area contributed by atoms with E-state index < -0.39 is 0 Å². The van der Waals surface area contributed by atoms with E-state index in [0.717, 1.165) is 50.7 Å². The molecule has 0 amide bonds. The zero-order chi connectivity index (χ0) is 14.1. The fraction of sp³-hybridized carbons (Fsp3) is 0.615. The molecule has 0 spiro atoms. The molecule has 2 N–H and O–H groups in total. The lowest BCUT2D eigenvalue weighted by atomic mass is 10.3. The summed E-state index contributed by atoms with van der Waals surface area (Å²) in [5, 5.41) is 0.911. The number of pyridine rings is 1. The summed E-state index contributed by atoms with van der Waals surface area (Å²) >= 11 is 12.7. The number of rotatable bonds is 2. The Balaban J connectivity index is 2.00. The number of halogens is 2. The highest BCUT2D eigenvalue weighted by Gasteiger charge is 2.25. The van der Waals surface area contributed by atoms with Crippen LogP contribution in [-0.2, 0) is 4.74 Å². The van der Waals surface area contributed by atoms with Gasteiger partial charge in [0.2, 0.25) is 0 Å². The molecule has 0 atom stereocenters. The highest BCUT2D eigenvalue weighted by atomic mass is 35.5. The van der Waals surface area contributed by atoms with Gasteiger partial charge in [-0.15, -0.1) is 0 Å². The normalized spacial score (nSPS) is 19.7. The first-order valence-corrected chi connectivity index (χ1v) is 7.66. The van der Waals surface area contributed by atoms with E-state index in [0.29, 0.717) is 28.9 Å². The first-order chi connectivity index (χ1) is 9.68. The summed E-state index contributed by atoms with van der Waals surface area (Å²) in [6.07, 6.45) is 2.32. The summed E-state index contributed by atoms with van der Waals surface area (Å²) in [6, 6.07) is 0. The van der Waals surface area contributed by atoms with Crippen LogP contribution in [0.15, 0.2) is 0 Å². The SMILES string of the molecule is Nc1c(Cl)c(N2CCCC2)nc(N2CCOCC2)c1Cl. The van der Waals surface area contributed by atoms with Gasteiger partial charge in [0, 0.05) is 26.2 Å². The molecule has 1 aromatic rings. The van der Waals surface area contributed by atoms with Crippen molar-refractivity contribution in [3.05, 3.63) is 10.0 Å². The number of hydrogen-bond donors (Lipinski definition) is 1. The standard InChI is InChI=1S/C13H18Cl2N4O/c14-9-11(16)10(15)13(19-5-7-20-8-6-19)17-12(9)18-3-1-2-4-18/h1-8H2,(H2,16,17). The van der Waals surface area contributed by atoms with Crippen LogP contribution in [0, 0.1) is 0 Å². The molecule has 2 saturated heterocycles. The minimum absolute atomic E-state index is 0.423. The Hall–Kier alpha value is -0.910. The molecule has 0 bridgehead atoms. The quantitative estimate of drug-likeness (QED) is 0.908. The van der Waals surface area contributed by atoms with Crippen molar-refractivity contribution in [2.45, 2.75) is 12.8 Å². The number of anilines is 3. The molecule has 2 fully saturated rings. The van der Waals surface area contributed by atoms with Gasteiger partial charge in [0.15, 0.2) is 11.6 Å². The molecule has 1 aromatic heterocycles. The minimum atomic E-state index is 0.423. The number of ether oxygens (including phenoxy) is 1. The maximum absolute atomic E-state index is 6.34. The van der Waals surface area contributed by atoms with E-state index >= 15 is 0 Å². The molecule has 0 unspecified atom stereocenters. The topological polar surface area (TPSA) is 54.6 Å². The molecule has 0 radical (unpaired) electrons. The zero-order valence-electron chi connectivity index (χ0n) is 11.2. The smallest absolute Gasteiger partial charge is 0.152 e. The van der Waals surface area contributed by atoms with Crippen molar-refractivity contribution < 1.29 is 4.74 Å². The molecule has 110 valence electrons. The third-order valence-electron chi connectivity index (χ3n) is 3.79. The van der Waals surface area contributed by atoms with E-state index in [4.69, 9.17) is 38.7 Å². The van der Waals surface area contributed by atoms with Gasteiger partial charge in [0.05, 0.1) is 18.9 Å². The third kappa shape index (κ3) is 2.50. The van der Waals surface area contributed by atoms with Gasteiger partial charge in [-0.25, -0.2) is 4.98 Å². The third-order valence-corrected chi connectivity index (χ3v) is 4.54. The van der Waals surface area contributed by atoms with Crippen molar-refractivity contribution in [2.75, 3.05) is 54.9 Å². The average Bonchev–Trinajstić information content (AvgIpc) is 3.00. The van der Waals surface area contributed by atoms with Crippen LogP contribution in [-0.4, -0.2) is 44.4 Å². The number of morpholine rings is 1. The van der Waals surface area contributed by atoms with E-state index in [1.165, 1.54) is 0 Å². The molecule has 0 saturated carbocycles. The average molecular weight is 317 g/mol. The van der Waals surface area contributed by atoms with Gasteiger partial charge in [0.1, 0.15) is 10.0 Å². The van der Waals surface area contributed by atoms with Gasteiger partial charge in [0.25, 0.3) is 0 Å². The molecule has 2 aliphatic rings. The lowest BCUT2D eigenvalue weighted by Gasteiger charge is -2.30. The molecule has 0 aliphatic carbocycles. The Morgan fingerprint density at radius 2 is 1.40 bits per heavy atom. The number of nitrogens with zero attached hydrogens (tertiary/aromatic N) is 3. The Bertz CT molecular complexity index is 500. The van der Waals surface area contributed by atoms with Crippen LogP contribution in [0.3, 0.4) is 0 Å². The van der Waals surface area contributed by atoms with Crippen molar-refractivity contribution in [1.82, 2.24) is 4.98 Å². The van der Waals surface area contributed by atoms with Crippen molar-refractivity contribution >= 4 is 40.5 Å². The second-order valence-corrected chi connectivity index (χ2v) is 5.85. The summed E-state index contributed by atoms with van der Waals surface area (Å²) in [5.74, 6) is 1.48. The molecule has 3 heterocycles. The lowest BCUT2D eigenvalue weighted by molar-refractivity contribution is 0.122. The predicted molar refractivity (Wildman–Crippen MR) is 83.1 cm³/mol. The summed E-state index contributed by atoms with van der Waals surface area (Å²) in [4.78, 5) is 8.98. The molecule has 2 aliphatic heterocycles. The zero-order valence-corrected chi connectivity index (χ0v) is 12.8. The van der Waals surface area contributed by atoms with Crippen LogP contribution in [0.2, 0.25) is 10.0 Å². The van der Waals surface area contributed by atoms with Crippen molar-refractivity contribution in [3.63, 3.8) is 0 Å². The summed E-state index contributed by atoms with van der Waals surface area (Å²) < 4.78 is 5.36. The molecule has 0 aromatic carbocycles. The van der Waals surface area contributed by atoms with Crippen LogP contribution >= 0.6 is 23.2 Å². The number of aromatic nitrogens is 1. The van der Waals surface area contributed by atoms with Crippen LogP contribution in [0.1, 0.15) is 12.8 Å².